The number of aliphatic hydroxyl groups excluding tert-OH is 1. The highest BCUT2D eigenvalue weighted by Crippen LogP contribution is 2.29. The fourth-order valence-corrected chi connectivity index (χ4v) is 2.07. The second-order valence-electron chi connectivity index (χ2n) is 4.49. The summed E-state index contributed by atoms with van der Waals surface area (Å²) in [6.45, 7) is 2.01. The van der Waals surface area contributed by atoms with Crippen molar-refractivity contribution in [3.8, 4) is 0 Å². The molecule has 0 aliphatic rings. The Morgan fingerprint density at radius 2 is 1.88 bits per heavy atom. The zero-order valence-corrected chi connectivity index (χ0v) is 10.0. The van der Waals surface area contributed by atoms with Crippen molar-refractivity contribution < 1.29 is 13.9 Å². The highest BCUT2D eigenvalue weighted by Gasteiger charge is 2.29. The second kappa shape index (κ2) is 6.07. The van der Waals surface area contributed by atoms with E-state index < -0.39 is 17.0 Å². The van der Waals surface area contributed by atoms with Gasteiger partial charge in [-0.2, -0.15) is 0 Å². The molecule has 0 aromatic heterocycles. The SMILES string of the molecule is CCCC(CN)(CO)Cc1c(F)cccc1F. The van der Waals surface area contributed by atoms with Crippen molar-refractivity contribution in [3.05, 3.63) is 35.4 Å². The zero-order valence-electron chi connectivity index (χ0n) is 10.0. The van der Waals surface area contributed by atoms with Crippen LogP contribution in [0.4, 0.5) is 8.78 Å². The van der Waals surface area contributed by atoms with Crippen LogP contribution in [0.5, 0.6) is 0 Å². The molecule has 0 bridgehead atoms. The Morgan fingerprint density at radius 1 is 1.29 bits per heavy atom. The first-order valence-electron chi connectivity index (χ1n) is 5.82. The molecule has 0 spiro atoms. The number of hydrogen-bond acceptors (Lipinski definition) is 2. The molecule has 3 N–H and O–H groups in total. The van der Waals surface area contributed by atoms with E-state index in [1.165, 1.54) is 18.2 Å². The summed E-state index contributed by atoms with van der Waals surface area (Å²) >= 11 is 0. The van der Waals surface area contributed by atoms with E-state index in [0.717, 1.165) is 6.42 Å². The molecule has 1 atom stereocenters. The van der Waals surface area contributed by atoms with Crippen LogP contribution in [0, 0.1) is 17.0 Å². The minimum absolute atomic E-state index is 0.0143. The fraction of sp³-hybridized carbons (Fsp3) is 0.538. The van der Waals surface area contributed by atoms with Gasteiger partial charge >= 0.3 is 0 Å². The molecule has 0 heterocycles. The third kappa shape index (κ3) is 3.23. The molecule has 0 aliphatic heterocycles. The van der Waals surface area contributed by atoms with Crippen molar-refractivity contribution in [1.82, 2.24) is 0 Å². The highest BCUT2D eigenvalue weighted by molar-refractivity contribution is 5.21. The van der Waals surface area contributed by atoms with E-state index in [2.05, 4.69) is 0 Å². The quantitative estimate of drug-likeness (QED) is 0.805. The van der Waals surface area contributed by atoms with Crippen molar-refractivity contribution in [2.75, 3.05) is 13.2 Å². The largest absolute Gasteiger partial charge is 0.396 e. The molecule has 1 aromatic carbocycles. The summed E-state index contributed by atoms with van der Waals surface area (Å²) in [4.78, 5) is 0. The molecule has 0 saturated carbocycles. The maximum Gasteiger partial charge on any atom is 0.129 e. The lowest BCUT2D eigenvalue weighted by molar-refractivity contribution is 0.119. The molecule has 0 fully saturated rings. The summed E-state index contributed by atoms with van der Waals surface area (Å²) < 4.78 is 27.1. The van der Waals surface area contributed by atoms with Gasteiger partial charge in [-0.05, 0) is 25.0 Å². The zero-order chi connectivity index (χ0) is 12.9. The first-order valence-corrected chi connectivity index (χ1v) is 5.82. The first kappa shape index (κ1) is 14.1. The smallest absolute Gasteiger partial charge is 0.129 e. The Labute approximate surface area is 100 Å². The summed E-state index contributed by atoms with van der Waals surface area (Å²) in [6.07, 6.45) is 1.59. The number of rotatable bonds is 6. The highest BCUT2D eigenvalue weighted by atomic mass is 19.1. The van der Waals surface area contributed by atoms with Crippen LogP contribution < -0.4 is 5.73 Å². The van der Waals surface area contributed by atoms with Gasteiger partial charge in [0.1, 0.15) is 11.6 Å². The monoisotopic (exact) mass is 243 g/mol. The van der Waals surface area contributed by atoms with Crippen LogP contribution in [0.3, 0.4) is 0 Å². The Kier molecular flexibility index (Phi) is 5.02. The Hall–Kier alpha value is -1.00. The van der Waals surface area contributed by atoms with Crippen molar-refractivity contribution in [2.24, 2.45) is 11.1 Å². The van der Waals surface area contributed by atoms with E-state index in [0.29, 0.717) is 6.42 Å². The molecule has 0 saturated heterocycles. The topological polar surface area (TPSA) is 46.2 Å². The van der Waals surface area contributed by atoms with Gasteiger partial charge < -0.3 is 10.8 Å². The van der Waals surface area contributed by atoms with Gasteiger partial charge in [0.05, 0.1) is 6.61 Å². The van der Waals surface area contributed by atoms with Crippen molar-refractivity contribution in [3.63, 3.8) is 0 Å². The van der Waals surface area contributed by atoms with Gasteiger partial charge in [0.2, 0.25) is 0 Å². The average molecular weight is 243 g/mol. The minimum atomic E-state index is -0.627. The standard InChI is InChI=1S/C13H19F2NO/c1-2-6-13(8-16,9-17)7-10-11(14)4-3-5-12(10)15/h3-5,17H,2,6-9,16H2,1H3. The number of halogens is 2. The van der Waals surface area contributed by atoms with Crippen LogP contribution in [-0.4, -0.2) is 18.3 Å². The number of hydrogen-bond donors (Lipinski definition) is 2. The molecule has 17 heavy (non-hydrogen) atoms. The molecule has 1 rings (SSSR count). The van der Waals surface area contributed by atoms with Gasteiger partial charge in [0.25, 0.3) is 0 Å². The van der Waals surface area contributed by atoms with Crippen LogP contribution in [0.1, 0.15) is 25.3 Å². The molecule has 0 radical (unpaired) electrons. The third-order valence-corrected chi connectivity index (χ3v) is 3.16. The lowest BCUT2D eigenvalue weighted by Crippen LogP contribution is -2.37. The predicted octanol–water partition coefficient (Wildman–Crippen LogP) is 2.24. The lowest BCUT2D eigenvalue weighted by Gasteiger charge is -2.30. The van der Waals surface area contributed by atoms with E-state index in [1.807, 2.05) is 6.92 Å². The molecule has 2 nitrogen and oxygen atoms in total. The molecule has 1 aromatic rings. The van der Waals surface area contributed by atoms with Crippen LogP contribution in [0.2, 0.25) is 0 Å². The number of benzene rings is 1. The molecule has 96 valence electrons. The maximum atomic E-state index is 13.5. The van der Waals surface area contributed by atoms with E-state index in [4.69, 9.17) is 5.73 Å². The number of nitrogens with two attached hydrogens (primary N) is 1. The summed E-state index contributed by atoms with van der Waals surface area (Å²) in [7, 11) is 0. The second-order valence-corrected chi connectivity index (χ2v) is 4.49. The minimum Gasteiger partial charge on any atom is -0.396 e. The fourth-order valence-electron chi connectivity index (χ4n) is 2.07. The van der Waals surface area contributed by atoms with Gasteiger partial charge in [-0.25, -0.2) is 8.78 Å². The number of aliphatic hydroxyl groups is 1. The Bertz CT molecular complexity index is 344. The van der Waals surface area contributed by atoms with Gasteiger partial charge in [0, 0.05) is 17.5 Å². The Morgan fingerprint density at radius 3 is 2.29 bits per heavy atom. The van der Waals surface area contributed by atoms with Crippen LogP contribution in [0.15, 0.2) is 18.2 Å². The normalized spacial score (nSPS) is 14.6. The summed E-state index contributed by atoms with van der Waals surface area (Å²) in [6, 6.07) is 3.78. The van der Waals surface area contributed by atoms with Crippen molar-refractivity contribution >= 4 is 0 Å². The molecule has 0 aliphatic carbocycles. The maximum absolute atomic E-state index is 13.5. The first-order chi connectivity index (χ1) is 8.08. The van der Waals surface area contributed by atoms with E-state index in [9.17, 15) is 13.9 Å². The lowest BCUT2D eigenvalue weighted by atomic mass is 9.78. The van der Waals surface area contributed by atoms with Gasteiger partial charge in [-0.1, -0.05) is 19.4 Å². The third-order valence-electron chi connectivity index (χ3n) is 3.16. The average Bonchev–Trinajstić information content (AvgIpc) is 2.33. The summed E-state index contributed by atoms with van der Waals surface area (Å²) in [5, 5.41) is 9.43. The van der Waals surface area contributed by atoms with Crippen LogP contribution >= 0.6 is 0 Å². The van der Waals surface area contributed by atoms with E-state index in [1.54, 1.807) is 0 Å². The predicted molar refractivity (Wildman–Crippen MR) is 63.5 cm³/mol. The molecule has 4 heteroatoms. The molecular formula is C13H19F2NO. The van der Waals surface area contributed by atoms with Gasteiger partial charge in [-0.3, -0.25) is 0 Å². The summed E-state index contributed by atoms with van der Waals surface area (Å²) in [5.74, 6) is -1.15. The van der Waals surface area contributed by atoms with Crippen molar-refractivity contribution in [1.29, 1.82) is 0 Å². The molecular weight excluding hydrogens is 224 g/mol. The van der Waals surface area contributed by atoms with Gasteiger partial charge in [0.15, 0.2) is 0 Å². The molecule has 0 amide bonds. The Balaban J connectivity index is 3.01. The van der Waals surface area contributed by atoms with E-state index >= 15 is 0 Å². The van der Waals surface area contributed by atoms with Crippen LogP contribution in [0.25, 0.3) is 0 Å². The van der Waals surface area contributed by atoms with E-state index in [-0.39, 0.29) is 25.1 Å². The van der Waals surface area contributed by atoms with Gasteiger partial charge in [-0.15, -0.1) is 0 Å². The van der Waals surface area contributed by atoms with Crippen molar-refractivity contribution in [2.45, 2.75) is 26.2 Å². The molecule has 1 unspecified atom stereocenters. The summed E-state index contributed by atoms with van der Waals surface area (Å²) in [5.41, 5.74) is 5.03. The van der Waals surface area contributed by atoms with Crippen LogP contribution in [-0.2, 0) is 6.42 Å².